The van der Waals surface area contributed by atoms with E-state index in [-0.39, 0.29) is 5.56 Å². The molecule has 3 aromatic carbocycles. The minimum absolute atomic E-state index is 0.195. The number of aryl methyl sites for hydroxylation is 1. The normalized spacial score (nSPS) is 10.8. The lowest BCUT2D eigenvalue weighted by molar-refractivity contribution is 0.0697. The van der Waals surface area contributed by atoms with E-state index in [1.165, 1.54) is 17.0 Å². The predicted octanol–water partition coefficient (Wildman–Crippen LogP) is 5.17. The molecule has 3 heteroatoms. The first kappa shape index (κ1) is 13.7. The SMILES string of the molecule is Cc1ccc(-c2ccc(C(=O)O)cc2Cl)c2ccccc12. The van der Waals surface area contributed by atoms with Crippen LogP contribution in [0.25, 0.3) is 21.9 Å². The quantitative estimate of drug-likeness (QED) is 0.708. The lowest BCUT2D eigenvalue weighted by Crippen LogP contribution is -1.96. The van der Waals surface area contributed by atoms with E-state index in [9.17, 15) is 4.79 Å². The zero-order chi connectivity index (χ0) is 15.0. The first-order valence-corrected chi connectivity index (χ1v) is 6.97. The van der Waals surface area contributed by atoms with Crippen molar-refractivity contribution in [2.24, 2.45) is 0 Å². The van der Waals surface area contributed by atoms with Crippen molar-refractivity contribution in [1.29, 1.82) is 0 Å². The summed E-state index contributed by atoms with van der Waals surface area (Å²) in [4.78, 5) is 11.0. The Morgan fingerprint density at radius 3 is 2.29 bits per heavy atom. The number of fused-ring (bicyclic) bond motifs is 1. The summed E-state index contributed by atoms with van der Waals surface area (Å²) < 4.78 is 0. The van der Waals surface area contributed by atoms with Crippen LogP contribution in [-0.2, 0) is 0 Å². The second-order valence-electron chi connectivity index (χ2n) is 4.98. The number of carbonyl (C=O) groups is 1. The van der Waals surface area contributed by atoms with E-state index in [0.717, 1.165) is 16.5 Å². The fraction of sp³-hybridized carbons (Fsp3) is 0.0556. The second kappa shape index (κ2) is 5.23. The van der Waals surface area contributed by atoms with E-state index in [4.69, 9.17) is 16.7 Å². The number of aromatic carboxylic acids is 1. The van der Waals surface area contributed by atoms with Gasteiger partial charge in [-0.3, -0.25) is 0 Å². The van der Waals surface area contributed by atoms with Crippen molar-refractivity contribution in [1.82, 2.24) is 0 Å². The molecule has 0 aliphatic carbocycles. The number of carboxylic acids is 1. The summed E-state index contributed by atoms with van der Waals surface area (Å²) in [6.07, 6.45) is 0. The summed E-state index contributed by atoms with van der Waals surface area (Å²) in [5, 5.41) is 11.8. The third-order valence-corrected chi connectivity index (χ3v) is 3.96. The van der Waals surface area contributed by atoms with Crippen LogP contribution >= 0.6 is 11.6 Å². The third-order valence-electron chi connectivity index (χ3n) is 3.65. The van der Waals surface area contributed by atoms with Gasteiger partial charge in [-0.25, -0.2) is 4.79 Å². The highest BCUT2D eigenvalue weighted by molar-refractivity contribution is 6.34. The van der Waals surface area contributed by atoms with Crippen LogP contribution in [-0.4, -0.2) is 11.1 Å². The van der Waals surface area contributed by atoms with Crippen molar-refractivity contribution in [2.45, 2.75) is 6.92 Å². The van der Waals surface area contributed by atoms with E-state index in [2.05, 4.69) is 25.1 Å². The fourth-order valence-corrected chi connectivity index (χ4v) is 2.83. The zero-order valence-electron chi connectivity index (χ0n) is 11.4. The zero-order valence-corrected chi connectivity index (χ0v) is 12.2. The number of rotatable bonds is 2. The Morgan fingerprint density at radius 1 is 0.952 bits per heavy atom. The molecule has 1 N–H and O–H groups in total. The largest absolute Gasteiger partial charge is 0.478 e. The van der Waals surface area contributed by atoms with Crippen molar-refractivity contribution >= 4 is 28.3 Å². The monoisotopic (exact) mass is 296 g/mol. The van der Waals surface area contributed by atoms with Crippen molar-refractivity contribution < 1.29 is 9.90 Å². The first-order valence-electron chi connectivity index (χ1n) is 6.59. The molecule has 0 radical (unpaired) electrons. The van der Waals surface area contributed by atoms with Crippen LogP contribution in [0.2, 0.25) is 5.02 Å². The molecule has 104 valence electrons. The van der Waals surface area contributed by atoms with Gasteiger partial charge in [0.15, 0.2) is 0 Å². The Morgan fingerprint density at radius 2 is 1.62 bits per heavy atom. The van der Waals surface area contributed by atoms with Gasteiger partial charge >= 0.3 is 5.97 Å². The van der Waals surface area contributed by atoms with Gasteiger partial charge < -0.3 is 5.11 Å². The summed E-state index contributed by atoms with van der Waals surface area (Å²) >= 11 is 6.28. The highest BCUT2D eigenvalue weighted by Crippen LogP contribution is 2.35. The standard InChI is InChI=1S/C18H13ClO2/c1-11-6-8-15(14-5-3-2-4-13(11)14)16-9-7-12(18(20)21)10-17(16)19/h2-10H,1H3,(H,20,21). The number of halogens is 1. The Hall–Kier alpha value is -2.32. The lowest BCUT2D eigenvalue weighted by Gasteiger charge is -2.11. The van der Waals surface area contributed by atoms with Crippen molar-refractivity contribution in [3.63, 3.8) is 0 Å². The minimum atomic E-state index is -0.975. The van der Waals surface area contributed by atoms with Gasteiger partial charge in [0, 0.05) is 10.6 Å². The average Bonchev–Trinajstić information content (AvgIpc) is 2.48. The van der Waals surface area contributed by atoms with Crippen LogP contribution in [0, 0.1) is 6.92 Å². The molecular weight excluding hydrogens is 284 g/mol. The number of hydrogen-bond donors (Lipinski definition) is 1. The summed E-state index contributed by atoms with van der Waals surface area (Å²) in [6.45, 7) is 2.07. The highest BCUT2D eigenvalue weighted by Gasteiger charge is 2.11. The van der Waals surface area contributed by atoms with Crippen LogP contribution in [0.5, 0.6) is 0 Å². The maximum absolute atomic E-state index is 11.0. The van der Waals surface area contributed by atoms with Gasteiger partial charge in [-0.05, 0) is 41.0 Å². The molecule has 0 saturated carbocycles. The number of carboxylic acid groups (broad SMARTS) is 1. The Bertz CT molecular complexity index is 853. The molecule has 0 spiro atoms. The molecule has 0 fully saturated rings. The molecule has 0 aliphatic heterocycles. The van der Waals surface area contributed by atoms with Crippen LogP contribution in [0.4, 0.5) is 0 Å². The van der Waals surface area contributed by atoms with E-state index in [0.29, 0.717) is 5.02 Å². The molecule has 2 nitrogen and oxygen atoms in total. The fourth-order valence-electron chi connectivity index (χ4n) is 2.55. The number of hydrogen-bond acceptors (Lipinski definition) is 1. The molecule has 0 bridgehead atoms. The summed E-state index contributed by atoms with van der Waals surface area (Å²) in [7, 11) is 0. The highest BCUT2D eigenvalue weighted by atomic mass is 35.5. The van der Waals surface area contributed by atoms with E-state index < -0.39 is 5.97 Å². The maximum atomic E-state index is 11.0. The topological polar surface area (TPSA) is 37.3 Å². The van der Waals surface area contributed by atoms with Crippen molar-refractivity contribution in [2.75, 3.05) is 0 Å². The Balaban J connectivity index is 2.26. The number of benzene rings is 3. The van der Waals surface area contributed by atoms with Gasteiger partial charge in [0.1, 0.15) is 0 Å². The van der Waals surface area contributed by atoms with E-state index in [1.807, 2.05) is 18.2 Å². The van der Waals surface area contributed by atoms with E-state index >= 15 is 0 Å². The first-order chi connectivity index (χ1) is 10.1. The van der Waals surface area contributed by atoms with Gasteiger partial charge in [-0.2, -0.15) is 0 Å². The molecule has 0 aliphatic rings. The molecule has 0 heterocycles. The molecular formula is C18H13ClO2. The average molecular weight is 297 g/mol. The Kier molecular flexibility index (Phi) is 3.40. The molecule has 21 heavy (non-hydrogen) atoms. The third kappa shape index (κ3) is 2.39. The van der Waals surface area contributed by atoms with Gasteiger partial charge in [0.2, 0.25) is 0 Å². The molecule has 0 amide bonds. The molecule has 0 unspecified atom stereocenters. The molecule has 3 rings (SSSR count). The van der Waals surface area contributed by atoms with Crippen molar-refractivity contribution in [3.8, 4) is 11.1 Å². The molecule has 3 aromatic rings. The molecule has 0 atom stereocenters. The molecule has 0 saturated heterocycles. The van der Waals surface area contributed by atoms with Gasteiger partial charge in [-0.1, -0.05) is 54.1 Å². The van der Waals surface area contributed by atoms with Crippen LogP contribution < -0.4 is 0 Å². The van der Waals surface area contributed by atoms with Crippen LogP contribution in [0.3, 0.4) is 0 Å². The van der Waals surface area contributed by atoms with Gasteiger partial charge in [-0.15, -0.1) is 0 Å². The maximum Gasteiger partial charge on any atom is 0.335 e. The molecule has 0 aromatic heterocycles. The van der Waals surface area contributed by atoms with E-state index in [1.54, 1.807) is 12.1 Å². The van der Waals surface area contributed by atoms with Gasteiger partial charge in [0.05, 0.1) is 5.56 Å². The minimum Gasteiger partial charge on any atom is -0.478 e. The van der Waals surface area contributed by atoms with Crippen LogP contribution in [0.15, 0.2) is 54.6 Å². The Labute approximate surface area is 127 Å². The smallest absolute Gasteiger partial charge is 0.335 e. The van der Waals surface area contributed by atoms with Crippen LogP contribution in [0.1, 0.15) is 15.9 Å². The second-order valence-corrected chi connectivity index (χ2v) is 5.38. The summed E-state index contributed by atoms with van der Waals surface area (Å²) in [6, 6.07) is 17.1. The van der Waals surface area contributed by atoms with Crippen molar-refractivity contribution in [3.05, 3.63) is 70.7 Å². The summed E-state index contributed by atoms with van der Waals surface area (Å²) in [5.74, 6) is -0.975. The summed E-state index contributed by atoms with van der Waals surface area (Å²) in [5.41, 5.74) is 3.25. The predicted molar refractivity (Wildman–Crippen MR) is 86.1 cm³/mol. The van der Waals surface area contributed by atoms with Gasteiger partial charge in [0.25, 0.3) is 0 Å². The lowest BCUT2D eigenvalue weighted by atomic mass is 9.95.